The molecular weight excluding hydrogens is 286 g/mol. The number of nitrogens with zero attached hydrogens (tertiary/aromatic N) is 2. The van der Waals surface area contributed by atoms with Crippen LogP contribution < -0.4 is 0 Å². The van der Waals surface area contributed by atoms with Crippen molar-refractivity contribution in [3.8, 4) is 0 Å². The van der Waals surface area contributed by atoms with Crippen LogP contribution in [0.15, 0.2) is 42.7 Å². The molecule has 4 nitrogen and oxygen atoms in total. The Balaban J connectivity index is 1.36. The zero-order valence-electron chi connectivity index (χ0n) is 13.4. The summed E-state index contributed by atoms with van der Waals surface area (Å²) < 4.78 is 0. The van der Waals surface area contributed by atoms with Gasteiger partial charge < -0.3 is 9.88 Å². The molecule has 1 N–H and O–H groups in total. The van der Waals surface area contributed by atoms with Crippen LogP contribution in [0.25, 0.3) is 0 Å². The molecule has 1 aromatic heterocycles. The molecule has 1 atom stereocenters. The number of hydrogen-bond acceptors (Lipinski definition) is 2. The molecule has 2 aromatic rings. The van der Waals surface area contributed by atoms with Crippen molar-refractivity contribution in [3.05, 3.63) is 59.4 Å². The summed E-state index contributed by atoms with van der Waals surface area (Å²) in [6.45, 7) is 3.65. The van der Waals surface area contributed by atoms with E-state index >= 15 is 0 Å². The number of aryl methyl sites for hydroxylation is 1. The smallest absolute Gasteiger partial charge is 0.255 e. The first-order chi connectivity index (χ1) is 11.3. The number of amides is 1. The van der Waals surface area contributed by atoms with E-state index in [9.17, 15) is 4.79 Å². The van der Waals surface area contributed by atoms with Crippen LogP contribution >= 0.6 is 0 Å². The number of carbonyl (C=O) groups excluding carboxylic acids is 1. The average molecular weight is 309 g/mol. The minimum atomic E-state index is 0.153. The second-order valence-electron chi connectivity index (χ2n) is 6.59. The predicted molar refractivity (Wildman–Crippen MR) is 90.5 cm³/mol. The molecule has 1 unspecified atom stereocenters. The Bertz CT molecular complexity index is 672. The van der Waals surface area contributed by atoms with Gasteiger partial charge in [-0.05, 0) is 36.5 Å². The summed E-state index contributed by atoms with van der Waals surface area (Å²) in [6.07, 6.45) is 7.17. The van der Waals surface area contributed by atoms with Crippen molar-refractivity contribution in [2.75, 3.05) is 26.2 Å². The third-order valence-electron chi connectivity index (χ3n) is 5.28. The number of hydrogen-bond donors (Lipinski definition) is 1. The second-order valence-corrected chi connectivity index (χ2v) is 6.59. The molecule has 1 amide bonds. The van der Waals surface area contributed by atoms with Crippen molar-refractivity contribution in [3.63, 3.8) is 0 Å². The highest BCUT2D eigenvalue weighted by molar-refractivity contribution is 5.94. The van der Waals surface area contributed by atoms with E-state index in [1.54, 1.807) is 6.20 Å². The lowest BCUT2D eigenvalue weighted by atomic mass is 9.87. The fraction of sp³-hybridized carbons (Fsp3) is 0.421. The Morgan fingerprint density at radius 1 is 1.04 bits per heavy atom. The minimum Gasteiger partial charge on any atom is -0.367 e. The van der Waals surface area contributed by atoms with Gasteiger partial charge in [-0.1, -0.05) is 24.3 Å². The number of aromatic amines is 1. The fourth-order valence-electron chi connectivity index (χ4n) is 3.92. The number of rotatable bonds is 2. The van der Waals surface area contributed by atoms with Crippen LogP contribution in [0, 0.1) is 0 Å². The van der Waals surface area contributed by atoms with E-state index in [-0.39, 0.29) is 5.91 Å². The topological polar surface area (TPSA) is 39.3 Å². The maximum Gasteiger partial charge on any atom is 0.255 e. The number of nitrogens with one attached hydrogen (secondary N) is 1. The van der Waals surface area contributed by atoms with Crippen LogP contribution in [0.5, 0.6) is 0 Å². The zero-order valence-corrected chi connectivity index (χ0v) is 13.4. The molecule has 0 bridgehead atoms. The SMILES string of the molecule is O=C(c1cc[nH]c1)N1CCN(C2CCc3ccccc3C2)CC1. The van der Waals surface area contributed by atoms with Gasteiger partial charge in [0.25, 0.3) is 5.91 Å². The van der Waals surface area contributed by atoms with Gasteiger partial charge in [0.05, 0.1) is 5.56 Å². The molecule has 0 radical (unpaired) electrons. The van der Waals surface area contributed by atoms with Gasteiger partial charge in [-0.15, -0.1) is 0 Å². The number of benzene rings is 1. The van der Waals surface area contributed by atoms with E-state index in [1.165, 1.54) is 24.0 Å². The molecule has 1 aromatic carbocycles. The lowest BCUT2D eigenvalue weighted by Gasteiger charge is -2.41. The van der Waals surface area contributed by atoms with Gasteiger partial charge in [0, 0.05) is 44.6 Å². The highest BCUT2D eigenvalue weighted by Crippen LogP contribution is 2.25. The van der Waals surface area contributed by atoms with Crippen LogP contribution in [0.2, 0.25) is 0 Å². The standard InChI is InChI=1S/C19H23N3O/c23-19(17-7-8-20-14-17)22-11-9-21(10-12-22)18-6-5-15-3-1-2-4-16(15)13-18/h1-4,7-8,14,18,20H,5-6,9-13H2. The Kier molecular flexibility index (Phi) is 3.92. The monoisotopic (exact) mass is 309 g/mol. The second kappa shape index (κ2) is 6.20. The van der Waals surface area contributed by atoms with Crippen LogP contribution in [0.3, 0.4) is 0 Å². The summed E-state index contributed by atoms with van der Waals surface area (Å²) in [5.74, 6) is 0.153. The maximum absolute atomic E-state index is 12.4. The van der Waals surface area contributed by atoms with E-state index in [1.807, 2.05) is 17.2 Å². The summed E-state index contributed by atoms with van der Waals surface area (Å²) in [4.78, 5) is 19.9. The van der Waals surface area contributed by atoms with Crippen LogP contribution in [-0.2, 0) is 12.8 Å². The van der Waals surface area contributed by atoms with Crippen molar-refractivity contribution in [1.29, 1.82) is 0 Å². The number of H-pyrrole nitrogens is 1. The minimum absolute atomic E-state index is 0.153. The molecule has 120 valence electrons. The normalized spacial score (nSPS) is 21.9. The average Bonchev–Trinajstić information content (AvgIpc) is 3.15. The highest BCUT2D eigenvalue weighted by atomic mass is 16.2. The summed E-state index contributed by atoms with van der Waals surface area (Å²) in [5, 5.41) is 0. The molecule has 2 aliphatic rings. The first-order valence-corrected chi connectivity index (χ1v) is 8.54. The Morgan fingerprint density at radius 3 is 2.57 bits per heavy atom. The molecule has 1 aliphatic carbocycles. The Labute approximate surface area is 137 Å². The summed E-state index contributed by atoms with van der Waals surface area (Å²) in [7, 11) is 0. The van der Waals surface area contributed by atoms with E-state index in [0.717, 1.165) is 38.2 Å². The molecule has 23 heavy (non-hydrogen) atoms. The van der Waals surface area contributed by atoms with E-state index in [4.69, 9.17) is 0 Å². The first kappa shape index (κ1) is 14.5. The molecule has 4 heteroatoms. The lowest BCUT2D eigenvalue weighted by molar-refractivity contribution is 0.0553. The maximum atomic E-state index is 12.4. The lowest BCUT2D eigenvalue weighted by Crippen LogP contribution is -2.53. The van der Waals surface area contributed by atoms with Crippen molar-refractivity contribution in [1.82, 2.24) is 14.8 Å². The van der Waals surface area contributed by atoms with Crippen LogP contribution in [-0.4, -0.2) is 52.9 Å². The first-order valence-electron chi connectivity index (χ1n) is 8.54. The molecule has 2 heterocycles. The van der Waals surface area contributed by atoms with Gasteiger partial charge in [-0.2, -0.15) is 0 Å². The van der Waals surface area contributed by atoms with Gasteiger partial charge in [0.2, 0.25) is 0 Å². The van der Waals surface area contributed by atoms with Crippen molar-refractivity contribution < 1.29 is 4.79 Å². The van der Waals surface area contributed by atoms with E-state index in [2.05, 4.69) is 34.1 Å². The van der Waals surface area contributed by atoms with Crippen molar-refractivity contribution in [2.24, 2.45) is 0 Å². The summed E-state index contributed by atoms with van der Waals surface area (Å²) >= 11 is 0. The van der Waals surface area contributed by atoms with Gasteiger partial charge in [-0.3, -0.25) is 9.69 Å². The number of carbonyl (C=O) groups is 1. The van der Waals surface area contributed by atoms with Gasteiger partial charge in [0.1, 0.15) is 0 Å². The predicted octanol–water partition coefficient (Wildman–Crippen LogP) is 2.33. The molecule has 1 saturated heterocycles. The Morgan fingerprint density at radius 2 is 1.83 bits per heavy atom. The quantitative estimate of drug-likeness (QED) is 0.925. The van der Waals surface area contributed by atoms with Gasteiger partial charge in [-0.25, -0.2) is 0 Å². The van der Waals surface area contributed by atoms with Crippen molar-refractivity contribution >= 4 is 5.91 Å². The third kappa shape index (κ3) is 2.91. The molecule has 1 aliphatic heterocycles. The third-order valence-corrected chi connectivity index (χ3v) is 5.28. The number of piperazine rings is 1. The summed E-state index contributed by atoms with van der Waals surface area (Å²) in [6, 6.07) is 11.3. The largest absolute Gasteiger partial charge is 0.367 e. The molecule has 1 fully saturated rings. The van der Waals surface area contributed by atoms with Gasteiger partial charge >= 0.3 is 0 Å². The van der Waals surface area contributed by atoms with Gasteiger partial charge in [0.15, 0.2) is 0 Å². The Hall–Kier alpha value is -2.07. The number of aromatic nitrogens is 1. The molecule has 0 spiro atoms. The van der Waals surface area contributed by atoms with Crippen LogP contribution in [0.4, 0.5) is 0 Å². The highest BCUT2D eigenvalue weighted by Gasteiger charge is 2.28. The van der Waals surface area contributed by atoms with Crippen LogP contribution in [0.1, 0.15) is 27.9 Å². The summed E-state index contributed by atoms with van der Waals surface area (Å²) in [5.41, 5.74) is 3.80. The fourth-order valence-corrected chi connectivity index (χ4v) is 3.92. The molecular formula is C19H23N3O. The van der Waals surface area contributed by atoms with E-state index in [0.29, 0.717) is 6.04 Å². The van der Waals surface area contributed by atoms with E-state index < -0.39 is 0 Å². The van der Waals surface area contributed by atoms with Crippen molar-refractivity contribution in [2.45, 2.75) is 25.3 Å². The number of fused-ring (bicyclic) bond motifs is 1. The molecule has 4 rings (SSSR count). The molecule has 0 saturated carbocycles. The zero-order chi connectivity index (χ0) is 15.6.